The second kappa shape index (κ2) is 5.43. The molecule has 0 saturated carbocycles. The Hall–Kier alpha value is -2.20. The molecule has 1 aromatic carbocycles. The van der Waals surface area contributed by atoms with Crippen molar-refractivity contribution in [2.24, 2.45) is 0 Å². The van der Waals surface area contributed by atoms with E-state index in [0.29, 0.717) is 29.2 Å². The highest BCUT2D eigenvalue weighted by Gasteiger charge is 2.27. The van der Waals surface area contributed by atoms with Gasteiger partial charge in [0.25, 0.3) is 11.1 Å². The summed E-state index contributed by atoms with van der Waals surface area (Å²) in [6, 6.07) is 9.51. The van der Waals surface area contributed by atoms with Gasteiger partial charge < -0.3 is 13.9 Å². The number of thioether (sulfide) groups is 1. The summed E-state index contributed by atoms with van der Waals surface area (Å²) in [5.74, 6) is 1.71. The lowest BCUT2D eigenvalue weighted by atomic mass is 10.2. The average molecular weight is 289 g/mol. The number of aromatic nitrogens is 2. The summed E-state index contributed by atoms with van der Waals surface area (Å²) in [7, 11) is 0. The Bertz CT molecular complexity index is 652. The zero-order valence-corrected chi connectivity index (χ0v) is 11.5. The molecule has 0 saturated heterocycles. The van der Waals surface area contributed by atoms with Crippen molar-refractivity contribution >= 4 is 11.8 Å². The Morgan fingerprint density at radius 2 is 2.15 bits per heavy atom. The number of rotatable bonds is 3. The van der Waals surface area contributed by atoms with Crippen molar-refractivity contribution in [1.82, 2.24) is 10.2 Å². The van der Waals surface area contributed by atoms with Gasteiger partial charge in [-0.2, -0.15) is 5.26 Å². The van der Waals surface area contributed by atoms with Crippen molar-refractivity contribution in [3.63, 3.8) is 0 Å². The fraction of sp³-hybridized carbons (Fsp3) is 0.308. The summed E-state index contributed by atoms with van der Waals surface area (Å²) < 4.78 is 16.9. The third-order valence-electron chi connectivity index (χ3n) is 2.67. The summed E-state index contributed by atoms with van der Waals surface area (Å²) >= 11 is 1.22. The Morgan fingerprint density at radius 1 is 1.35 bits per heavy atom. The number of nitriles is 1. The SMILES string of the molecule is C[C@@H](C#N)Sc1nnc([C@@H]2COc3ccccc3O2)o1. The van der Waals surface area contributed by atoms with Gasteiger partial charge in [0.15, 0.2) is 11.5 Å². The Morgan fingerprint density at radius 3 is 2.95 bits per heavy atom. The molecule has 7 heteroatoms. The average Bonchev–Trinajstić information content (AvgIpc) is 2.95. The highest BCUT2D eigenvalue weighted by molar-refractivity contribution is 7.99. The lowest BCUT2D eigenvalue weighted by molar-refractivity contribution is 0.0686. The maximum Gasteiger partial charge on any atom is 0.278 e. The third kappa shape index (κ3) is 2.56. The number of ether oxygens (including phenoxy) is 2. The first-order valence-electron chi connectivity index (χ1n) is 6.04. The van der Waals surface area contributed by atoms with Crippen LogP contribution in [0.15, 0.2) is 33.9 Å². The molecule has 0 amide bonds. The molecule has 2 atom stereocenters. The number of nitrogens with zero attached hydrogens (tertiary/aromatic N) is 3. The minimum atomic E-state index is -0.427. The first kappa shape index (κ1) is 12.8. The van der Waals surface area contributed by atoms with Crippen molar-refractivity contribution in [3.05, 3.63) is 30.2 Å². The largest absolute Gasteiger partial charge is 0.485 e. The molecule has 2 heterocycles. The van der Waals surface area contributed by atoms with E-state index in [2.05, 4.69) is 16.3 Å². The topological polar surface area (TPSA) is 81.2 Å². The molecule has 0 radical (unpaired) electrons. The summed E-state index contributed by atoms with van der Waals surface area (Å²) in [6.07, 6.45) is -0.427. The number of benzene rings is 1. The fourth-order valence-corrected chi connectivity index (χ4v) is 2.29. The van der Waals surface area contributed by atoms with Crippen LogP contribution in [0, 0.1) is 11.3 Å². The number of hydrogen-bond acceptors (Lipinski definition) is 7. The number of fused-ring (bicyclic) bond motifs is 1. The smallest absolute Gasteiger partial charge is 0.278 e. The molecular formula is C13H11N3O3S. The van der Waals surface area contributed by atoms with Crippen molar-refractivity contribution in [3.8, 4) is 17.6 Å². The van der Waals surface area contributed by atoms with Gasteiger partial charge in [0.2, 0.25) is 6.10 Å². The lowest BCUT2D eigenvalue weighted by Crippen LogP contribution is -2.21. The van der Waals surface area contributed by atoms with E-state index in [1.165, 1.54) is 11.8 Å². The number of para-hydroxylation sites is 2. The molecule has 2 aromatic rings. The lowest BCUT2D eigenvalue weighted by Gasteiger charge is -2.23. The van der Waals surface area contributed by atoms with Gasteiger partial charge in [-0.25, -0.2) is 0 Å². The predicted molar refractivity (Wildman–Crippen MR) is 70.5 cm³/mol. The van der Waals surface area contributed by atoms with E-state index < -0.39 is 6.10 Å². The highest BCUT2D eigenvalue weighted by atomic mass is 32.2. The Kier molecular flexibility index (Phi) is 3.48. The van der Waals surface area contributed by atoms with Gasteiger partial charge in [-0.05, 0) is 30.8 Å². The summed E-state index contributed by atoms with van der Waals surface area (Å²) in [5.41, 5.74) is 0. The van der Waals surface area contributed by atoms with E-state index in [4.69, 9.17) is 19.2 Å². The van der Waals surface area contributed by atoms with Gasteiger partial charge in [-0.15, -0.1) is 10.2 Å². The molecule has 0 unspecified atom stereocenters. The summed E-state index contributed by atoms with van der Waals surface area (Å²) in [5, 5.41) is 16.7. The molecule has 1 aromatic heterocycles. The van der Waals surface area contributed by atoms with Crippen LogP contribution in [-0.4, -0.2) is 22.1 Å². The molecule has 1 aliphatic heterocycles. The monoisotopic (exact) mass is 289 g/mol. The molecule has 3 rings (SSSR count). The van der Waals surface area contributed by atoms with E-state index in [0.717, 1.165) is 0 Å². The first-order valence-corrected chi connectivity index (χ1v) is 6.92. The van der Waals surface area contributed by atoms with Crippen molar-refractivity contribution in [1.29, 1.82) is 5.26 Å². The molecule has 0 spiro atoms. The Balaban J connectivity index is 1.74. The van der Waals surface area contributed by atoms with Crippen LogP contribution >= 0.6 is 11.8 Å². The molecule has 1 aliphatic rings. The molecular weight excluding hydrogens is 278 g/mol. The second-order valence-electron chi connectivity index (χ2n) is 4.16. The van der Waals surface area contributed by atoms with Gasteiger partial charge in [0, 0.05) is 0 Å². The summed E-state index contributed by atoms with van der Waals surface area (Å²) in [4.78, 5) is 0. The van der Waals surface area contributed by atoms with Gasteiger partial charge in [0.1, 0.15) is 6.61 Å². The van der Waals surface area contributed by atoms with Crippen molar-refractivity contribution < 1.29 is 13.9 Å². The Labute approximate surface area is 119 Å². The standard InChI is InChI=1S/C13H11N3O3S/c1-8(6-14)20-13-16-15-12(19-13)11-7-17-9-4-2-3-5-10(9)18-11/h2-5,8,11H,7H2,1H3/t8-,11-/m0/s1. The summed E-state index contributed by atoms with van der Waals surface area (Å²) in [6.45, 7) is 2.09. The minimum Gasteiger partial charge on any atom is -0.485 e. The van der Waals surface area contributed by atoms with Crippen LogP contribution in [0.4, 0.5) is 0 Å². The van der Waals surface area contributed by atoms with Gasteiger partial charge in [-0.3, -0.25) is 0 Å². The maximum absolute atomic E-state index is 8.76. The van der Waals surface area contributed by atoms with E-state index in [-0.39, 0.29) is 5.25 Å². The zero-order chi connectivity index (χ0) is 13.9. The van der Waals surface area contributed by atoms with Crippen LogP contribution in [0.3, 0.4) is 0 Å². The van der Waals surface area contributed by atoms with Crippen LogP contribution in [0.25, 0.3) is 0 Å². The second-order valence-corrected chi connectivity index (χ2v) is 5.45. The van der Waals surface area contributed by atoms with E-state index in [1.807, 2.05) is 24.3 Å². The normalized spacial score (nSPS) is 18.3. The van der Waals surface area contributed by atoms with Crippen LogP contribution in [0.5, 0.6) is 11.5 Å². The maximum atomic E-state index is 8.76. The molecule has 0 aliphatic carbocycles. The first-order chi connectivity index (χ1) is 9.76. The molecule has 6 nitrogen and oxygen atoms in total. The molecule has 0 N–H and O–H groups in total. The van der Waals surface area contributed by atoms with Crippen molar-refractivity contribution in [2.45, 2.75) is 23.5 Å². The van der Waals surface area contributed by atoms with E-state index >= 15 is 0 Å². The predicted octanol–water partition coefficient (Wildman–Crippen LogP) is 2.59. The van der Waals surface area contributed by atoms with Gasteiger partial charge >= 0.3 is 0 Å². The number of hydrogen-bond donors (Lipinski definition) is 0. The fourth-order valence-electron chi connectivity index (χ4n) is 1.72. The molecule has 20 heavy (non-hydrogen) atoms. The van der Waals surface area contributed by atoms with Crippen LogP contribution < -0.4 is 9.47 Å². The van der Waals surface area contributed by atoms with Crippen LogP contribution in [-0.2, 0) is 0 Å². The molecule has 0 fully saturated rings. The third-order valence-corrected chi connectivity index (χ3v) is 3.49. The molecule has 0 bridgehead atoms. The minimum absolute atomic E-state index is 0.243. The molecule has 102 valence electrons. The van der Waals surface area contributed by atoms with Gasteiger partial charge in [-0.1, -0.05) is 12.1 Å². The van der Waals surface area contributed by atoms with Crippen molar-refractivity contribution in [2.75, 3.05) is 6.61 Å². The highest BCUT2D eigenvalue weighted by Crippen LogP contribution is 2.36. The van der Waals surface area contributed by atoms with E-state index in [1.54, 1.807) is 6.92 Å². The zero-order valence-electron chi connectivity index (χ0n) is 10.6. The quantitative estimate of drug-likeness (QED) is 0.803. The van der Waals surface area contributed by atoms with E-state index in [9.17, 15) is 0 Å². The van der Waals surface area contributed by atoms with Crippen LogP contribution in [0.2, 0.25) is 0 Å². The van der Waals surface area contributed by atoms with Crippen LogP contribution in [0.1, 0.15) is 18.9 Å². The van der Waals surface area contributed by atoms with Gasteiger partial charge in [0.05, 0.1) is 11.3 Å².